The molecule has 2 aromatic rings. The molecule has 0 radical (unpaired) electrons. The lowest BCUT2D eigenvalue weighted by atomic mass is 10.1. The summed E-state index contributed by atoms with van der Waals surface area (Å²) in [6, 6.07) is 10.3. The minimum absolute atomic E-state index is 0.651. The van der Waals surface area contributed by atoms with Crippen molar-refractivity contribution in [3.63, 3.8) is 0 Å². The van der Waals surface area contributed by atoms with Crippen molar-refractivity contribution in [1.29, 1.82) is 0 Å². The van der Waals surface area contributed by atoms with E-state index >= 15 is 0 Å². The van der Waals surface area contributed by atoms with Crippen LogP contribution < -0.4 is 10.6 Å². The Hall–Kier alpha value is -1.55. The highest BCUT2D eigenvalue weighted by Gasteiger charge is 2.09. The van der Waals surface area contributed by atoms with E-state index in [9.17, 15) is 0 Å². The Bertz CT molecular complexity index is 462. The van der Waals surface area contributed by atoms with E-state index in [1.165, 1.54) is 5.56 Å². The number of hydrogen-bond donors (Lipinski definition) is 1. The molecule has 0 fully saturated rings. The molecule has 0 bridgehead atoms. The number of nitrogen functional groups attached to an aromatic ring is 1. The molecular formula is C12H15N3S. The minimum Gasteiger partial charge on any atom is -0.383 e. The van der Waals surface area contributed by atoms with Crippen LogP contribution in [-0.2, 0) is 6.42 Å². The number of anilines is 2. The van der Waals surface area contributed by atoms with Crippen molar-refractivity contribution in [3.8, 4) is 0 Å². The van der Waals surface area contributed by atoms with Gasteiger partial charge in [-0.05, 0) is 5.56 Å². The highest BCUT2D eigenvalue weighted by molar-refractivity contribution is 7.16. The topological polar surface area (TPSA) is 42.2 Å². The predicted octanol–water partition coefficient (Wildman–Crippen LogP) is 2.38. The van der Waals surface area contributed by atoms with Gasteiger partial charge < -0.3 is 10.6 Å². The maximum Gasteiger partial charge on any atom is 0.187 e. The van der Waals surface area contributed by atoms with Crippen LogP contribution in [0.2, 0.25) is 0 Å². The van der Waals surface area contributed by atoms with Gasteiger partial charge >= 0.3 is 0 Å². The number of hydrogen-bond acceptors (Lipinski definition) is 4. The fourth-order valence-electron chi connectivity index (χ4n) is 1.45. The third-order valence-corrected chi connectivity index (χ3v) is 3.55. The summed E-state index contributed by atoms with van der Waals surface area (Å²) in [7, 11) is 3.95. The molecule has 3 nitrogen and oxygen atoms in total. The fraction of sp³-hybridized carbons (Fsp3) is 0.250. The van der Waals surface area contributed by atoms with Crippen LogP contribution in [0.3, 0.4) is 0 Å². The Labute approximate surface area is 99.5 Å². The molecule has 0 unspecified atom stereocenters. The van der Waals surface area contributed by atoms with Crippen molar-refractivity contribution in [2.24, 2.45) is 0 Å². The normalized spacial score (nSPS) is 10.4. The van der Waals surface area contributed by atoms with Crippen molar-refractivity contribution >= 4 is 22.3 Å². The van der Waals surface area contributed by atoms with Crippen LogP contribution >= 0.6 is 11.3 Å². The second-order valence-electron chi connectivity index (χ2n) is 3.86. The third-order valence-electron chi connectivity index (χ3n) is 2.31. The van der Waals surface area contributed by atoms with Gasteiger partial charge in [-0.1, -0.05) is 41.7 Å². The lowest BCUT2D eigenvalue weighted by Crippen LogP contribution is -2.07. The van der Waals surface area contributed by atoms with Gasteiger partial charge in [0, 0.05) is 20.5 Å². The zero-order chi connectivity index (χ0) is 11.5. The van der Waals surface area contributed by atoms with E-state index in [-0.39, 0.29) is 0 Å². The highest BCUT2D eigenvalue weighted by atomic mass is 32.1. The smallest absolute Gasteiger partial charge is 0.187 e. The first-order valence-corrected chi connectivity index (χ1v) is 5.95. The monoisotopic (exact) mass is 233 g/mol. The first kappa shape index (κ1) is 11.0. The van der Waals surface area contributed by atoms with Gasteiger partial charge in [-0.3, -0.25) is 0 Å². The van der Waals surface area contributed by atoms with Crippen LogP contribution in [0.1, 0.15) is 10.4 Å². The lowest BCUT2D eigenvalue weighted by Gasteiger charge is -2.05. The standard InChI is InChI=1S/C12H15N3S/c1-15(2)12-14-11(13)10(16-12)8-9-6-4-3-5-7-9/h3-7H,8,13H2,1-2H3. The average Bonchev–Trinajstić information content (AvgIpc) is 2.62. The highest BCUT2D eigenvalue weighted by Crippen LogP contribution is 2.28. The molecule has 0 amide bonds. The Balaban J connectivity index is 2.22. The molecule has 2 N–H and O–H groups in total. The maximum atomic E-state index is 5.90. The molecule has 1 aromatic carbocycles. The molecule has 16 heavy (non-hydrogen) atoms. The first-order chi connectivity index (χ1) is 7.66. The van der Waals surface area contributed by atoms with Crippen LogP contribution in [-0.4, -0.2) is 19.1 Å². The van der Waals surface area contributed by atoms with Gasteiger partial charge in [0.2, 0.25) is 0 Å². The van der Waals surface area contributed by atoms with E-state index in [4.69, 9.17) is 5.73 Å². The van der Waals surface area contributed by atoms with Crippen molar-refractivity contribution in [1.82, 2.24) is 4.98 Å². The summed E-state index contributed by atoms with van der Waals surface area (Å²) < 4.78 is 0. The molecule has 0 atom stereocenters. The second kappa shape index (κ2) is 4.53. The van der Waals surface area contributed by atoms with Gasteiger partial charge in [0.05, 0.1) is 4.88 Å². The molecule has 0 spiro atoms. The fourth-order valence-corrected chi connectivity index (χ4v) is 2.39. The predicted molar refractivity (Wildman–Crippen MR) is 70.1 cm³/mol. The lowest BCUT2D eigenvalue weighted by molar-refractivity contribution is 1.10. The van der Waals surface area contributed by atoms with E-state index in [1.807, 2.05) is 37.2 Å². The maximum absolute atomic E-state index is 5.90. The van der Waals surface area contributed by atoms with Gasteiger partial charge in [-0.25, -0.2) is 4.98 Å². The molecule has 1 heterocycles. The largest absolute Gasteiger partial charge is 0.383 e. The molecule has 0 aliphatic heterocycles. The van der Waals surface area contributed by atoms with E-state index in [0.717, 1.165) is 16.4 Å². The Morgan fingerprint density at radius 1 is 1.25 bits per heavy atom. The summed E-state index contributed by atoms with van der Waals surface area (Å²) in [5.41, 5.74) is 7.17. The minimum atomic E-state index is 0.651. The van der Waals surface area contributed by atoms with Crippen LogP contribution in [0.5, 0.6) is 0 Å². The molecule has 0 aliphatic rings. The zero-order valence-electron chi connectivity index (χ0n) is 9.47. The Morgan fingerprint density at radius 2 is 1.94 bits per heavy atom. The van der Waals surface area contributed by atoms with Gasteiger partial charge in [0.1, 0.15) is 5.82 Å². The molecule has 2 rings (SSSR count). The Morgan fingerprint density at radius 3 is 2.50 bits per heavy atom. The Kier molecular flexibility index (Phi) is 3.10. The summed E-state index contributed by atoms with van der Waals surface area (Å²) in [5, 5.41) is 0.962. The van der Waals surface area contributed by atoms with Crippen LogP contribution in [0, 0.1) is 0 Å². The van der Waals surface area contributed by atoms with Gasteiger partial charge in [0.15, 0.2) is 5.13 Å². The number of nitrogens with zero attached hydrogens (tertiary/aromatic N) is 2. The SMILES string of the molecule is CN(C)c1nc(N)c(Cc2ccccc2)s1. The van der Waals surface area contributed by atoms with Crippen molar-refractivity contribution in [2.75, 3.05) is 24.7 Å². The number of aromatic nitrogens is 1. The van der Waals surface area contributed by atoms with E-state index < -0.39 is 0 Å². The quantitative estimate of drug-likeness (QED) is 0.885. The van der Waals surface area contributed by atoms with Gasteiger partial charge in [0.25, 0.3) is 0 Å². The molecular weight excluding hydrogens is 218 g/mol. The molecule has 1 aromatic heterocycles. The molecule has 84 valence electrons. The summed E-state index contributed by atoms with van der Waals surface area (Å²) in [5.74, 6) is 0.651. The van der Waals surface area contributed by atoms with Crippen LogP contribution in [0.25, 0.3) is 0 Å². The summed E-state index contributed by atoms with van der Waals surface area (Å²) in [4.78, 5) is 7.44. The van der Waals surface area contributed by atoms with Crippen molar-refractivity contribution in [3.05, 3.63) is 40.8 Å². The number of rotatable bonds is 3. The molecule has 0 saturated heterocycles. The first-order valence-electron chi connectivity index (χ1n) is 5.13. The van der Waals surface area contributed by atoms with Crippen LogP contribution in [0.15, 0.2) is 30.3 Å². The van der Waals surface area contributed by atoms with Gasteiger partial charge in [-0.2, -0.15) is 0 Å². The van der Waals surface area contributed by atoms with E-state index in [2.05, 4.69) is 17.1 Å². The summed E-state index contributed by atoms with van der Waals surface area (Å²) in [6.07, 6.45) is 0.859. The molecule has 0 saturated carbocycles. The van der Waals surface area contributed by atoms with Gasteiger partial charge in [-0.15, -0.1) is 0 Å². The van der Waals surface area contributed by atoms with E-state index in [1.54, 1.807) is 11.3 Å². The van der Waals surface area contributed by atoms with Crippen molar-refractivity contribution < 1.29 is 0 Å². The summed E-state index contributed by atoms with van der Waals surface area (Å²) in [6.45, 7) is 0. The number of nitrogens with two attached hydrogens (primary N) is 1. The summed E-state index contributed by atoms with van der Waals surface area (Å²) >= 11 is 1.65. The number of benzene rings is 1. The second-order valence-corrected chi connectivity index (χ2v) is 4.92. The molecule has 0 aliphatic carbocycles. The average molecular weight is 233 g/mol. The number of thiazole rings is 1. The van der Waals surface area contributed by atoms with E-state index in [0.29, 0.717) is 5.82 Å². The molecule has 4 heteroatoms. The van der Waals surface area contributed by atoms with Crippen LogP contribution in [0.4, 0.5) is 10.9 Å². The third kappa shape index (κ3) is 2.33. The van der Waals surface area contributed by atoms with Crippen molar-refractivity contribution in [2.45, 2.75) is 6.42 Å². The zero-order valence-corrected chi connectivity index (χ0v) is 10.3.